The van der Waals surface area contributed by atoms with Crippen molar-refractivity contribution in [2.24, 2.45) is 0 Å². The second-order valence-corrected chi connectivity index (χ2v) is 4.05. The summed E-state index contributed by atoms with van der Waals surface area (Å²) in [5.74, 6) is 0.757. The van der Waals surface area contributed by atoms with E-state index < -0.39 is 0 Å². The number of methoxy groups -OCH3 is 1. The van der Waals surface area contributed by atoms with Crippen LogP contribution >= 0.6 is 0 Å². The molecule has 0 heterocycles. The van der Waals surface area contributed by atoms with Gasteiger partial charge in [-0.2, -0.15) is 0 Å². The molecule has 0 unspecified atom stereocenters. The van der Waals surface area contributed by atoms with Gasteiger partial charge in [0.1, 0.15) is 23.9 Å². The van der Waals surface area contributed by atoms with Gasteiger partial charge in [-0.15, -0.1) is 0 Å². The van der Waals surface area contributed by atoms with Crippen LogP contribution in [0, 0.1) is 5.82 Å². The fourth-order valence-electron chi connectivity index (χ4n) is 1.62. The maximum absolute atomic E-state index is 13.7. The van der Waals surface area contributed by atoms with Crippen LogP contribution in [0.2, 0.25) is 0 Å². The zero-order valence-electron chi connectivity index (χ0n) is 10.6. The molecule has 2 aromatic rings. The highest BCUT2D eigenvalue weighted by Crippen LogP contribution is 2.19. The van der Waals surface area contributed by atoms with E-state index in [4.69, 9.17) is 14.6 Å². The predicted molar refractivity (Wildman–Crippen MR) is 69.6 cm³/mol. The molecule has 3 nitrogen and oxygen atoms in total. The Morgan fingerprint density at radius 1 is 1.05 bits per heavy atom. The highest BCUT2D eigenvalue weighted by Gasteiger charge is 2.05. The molecule has 2 rings (SSSR count). The number of halogens is 1. The van der Waals surface area contributed by atoms with Gasteiger partial charge in [0.05, 0.1) is 13.7 Å². The van der Waals surface area contributed by atoms with Gasteiger partial charge in [-0.25, -0.2) is 4.39 Å². The van der Waals surface area contributed by atoms with Crippen molar-refractivity contribution in [3.05, 3.63) is 59.4 Å². The SMILES string of the molecule is COc1ccc(COc2ccc(CO)cc2)c(F)c1. The lowest BCUT2D eigenvalue weighted by Gasteiger charge is -2.08. The number of hydrogen-bond acceptors (Lipinski definition) is 3. The first kappa shape index (κ1) is 13.4. The Hall–Kier alpha value is -2.07. The first-order valence-corrected chi connectivity index (χ1v) is 5.88. The smallest absolute Gasteiger partial charge is 0.133 e. The largest absolute Gasteiger partial charge is 0.497 e. The van der Waals surface area contributed by atoms with Gasteiger partial charge < -0.3 is 14.6 Å². The Labute approximate surface area is 111 Å². The Kier molecular flexibility index (Phi) is 4.36. The predicted octanol–water partition coefficient (Wildman–Crippen LogP) is 2.91. The number of aliphatic hydroxyl groups excluding tert-OH is 1. The van der Waals surface area contributed by atoms with Crippen molar-refractivity contribution in [1.29, 1.82) is 0 Å². The molecular formula is C15H15FO3. The van der Waals surface area contributed by atoms with Crippen molar-refractivity contribution in [3.63, 3.8) is 0 Å². The van der Waals surface area contributed by atoms with Gasteiger partial charge in [0.15, 0.2) is 0 Å². The molecular weight excluding hydrogens is 247 g/mol. The third-order valence-electron chi connectivity index (χ3n) is 2.76. The van der Waals surface area contributed by atoms with E-state index in [0.717, 1.165) is 5.56 Å². The van der Waals surface area contributed by atoms with Crippen molar-refractivity contribution in [3.8, 4) is 11.5 Å². The van der Waals surface area contributed by atoms with Gasteiger partial charge in [-0.3, -0.25) is 0 Å². The van der Waals surface area contributed by atoms with E-state index in [9.17, 15) is 4.39 Å². The quantitative estimate of drug-likeness (QED) is 0.900. The highest BCUT2D eigenvalue weighted by molar-refractivity contribution is 5.30. The normalized spacial score (nSPS) is 10.3. The Morgan fingerprint density at radius 3 is 2.32 bits per heavy atom. The minimum absolute atomic E-state index is 0.00656. The minimum Gasteiger partial charge on any atom is -0.497 e. The van der Waals surface area contributed by atoms with Gasteiger partial charge in [0.2, 0.25) is 0 Å². The summed E-state index contributed by atoms with van der Waals surface area (Å²) in [6.45, 7) is 0.141. The zero-order valence-corrected chi connectivity index (χ0v) is 10.6. The van der Waals surface area contributed by atoms with Gasteiger partial charge in [0.25, 0.3) is 0 Å². The molecule has 0 radical (unpaired) electrons. The molecule has 0 amide bonds. The van der Waals surface area contributed by atoms with E-state index >= 15 is 0 Å². The molecule has 0 spiro atoms. The number of aliphatic hydroxyl groups is 1. The third kappa shape index (κ3) is 3.45. The van der Waals surface area contributed by atoms with Crippen LogP contribution in [-0.4, -0.2) is 12.2 Å². The van der Waals surface area contributed by atoms with Crippen LogP contribution in [0.1, 0.15) is 11.1 Å². The molecule has 0 aromatic heterocycles. The summed E-state index contributed by atoms with van der Waals surface area (Å²) in [6, 6.07) is 11.7. The summed E-state index contributed by atoms with van der Waals surface area (Å²) in [5, 5.41) is 8.92. The Bertz CT molecular complexity index is 538. The average molecular weight is 262 g/mol. The van der Waals surface area contributed by atoms with Crippen molar-refractivity contribution >= 4 is 0 Å². The molecule has 0 saturated heterocycles. The molecule has 4 heteroatoms. The van der Waals surface area contributed by atoms with Gasteiger partial charge >= 0.3 is 0 Å². The highest BCUT2D eigenvalue weighted by atomic mass is 19.1. The second-order valence-electron chi connectivity index (χ2n) is 4.05. The second kappa shape index (κ2) is 6.20. The van der Waals surface area contributed by atoms with Crippen molar-refractivity contribution in [2.75, 3.05) is 7.11 Å². The molecule has 0 fully saturated rings. The maximum Gasteiger partial charge on any atom is 0.133 e. The average Bonchev–Trinajstić information content (AvgIpc) is 2.46. The van der Waals surface area contributed by atoms with Crippen molar-refractivity contribution in [1.82, 2.24) is 0 Å². The van der Waals surface area contributed by atoms with Crippen LogP contribution in [0.4, 0.5) is 4.39 Å². The van der Waals surface area contributed by atoms with Gasteiger partial charge in [-0.05, 0) is 29.8 Å². The molecule has 19 heavy (non-hydrogen) atoms. The monoisotopic (exact) mass is 262 g/mol. The lowest BCUT2D eigenvalue weighted by atomic mass is 10.2. The van der Waals surface area contributed by atoms with Crippen LogP contribution in [-0.2, 0) is 13.2 Å². The van der Waals surface area contributed by atoms with Crippen LogP contribution in [0.3, 0.4) is 0 Å². The summed E-state index contributed by atoms with van der Waals surface area (Å²) in [4.78, 5) is 0. The summed E-state index contributed by atoms with van der Waals surface area (Å²) in [5.41, 5.74) is 1.27. The van der Waals surface area contributed by atoms with Crippen molar-refractivity contribution in [2.45, 2.75) is 13.2 Å². The van der Waals surface area contributed by atoms with E-state index in [2.05, 4.69) is 0 Å². The first-order valence-electron chi connectivity index (χ1n) is 5.88. The number of hydrogen-bond donors (Lipinski definition) is 1. The molecule has 0 bridgehead atoms. The van der Waals surface area contributed by atoms with E-state index in [1.165, 1.54) is 13.2 Å². The molecule has 2 aromatic carbocycles. The third-order valence-corrected chi connectivity index (χ3v) is 2.76. The standard InChI is InChI=1S/C15H15FO3/c1-18-14-7-4-12(15(16)8-14)10-19-13-5-2-11(9-17)3-6-13/h2-8,17H,9-10H2,1H3. The number of ether oxygens (including phenoxy) is 2. The summed E-state index contributed by atoms with van der Waals surface area (Å²) in [6.07, 6.45) is 0. The molecule has 0 aliphatic carbocycles. The first-order chi connectivity index (χ1) is 9.22. The van der Waals surface area contributed by atoms with Crippen LogP contribution in [0.25, 0.3) is 0 Å². The lowest BCUT2D eigenvalue weighted by Crippen LogP contribution is -1.99. The molecule has 0 aliphatic heterocycles. The van der Waals surface area contributed by atoms with Crippen LogP contribution in [0.15, 0.2) is 42.5 Å². The molecule has 0 aliphatic rings. The number of rotatable bonds is 5. The fourth-order valence-corrected chi connectivity index (χ4v) is 1.62. The van der Waals surface area contributed by atoms with Crippen molar-refractivity contribution < 1.29 is 19.0 Å². The summed E-state index contributed by atoms with van der Waals surface area (Å²) in [7, 11) is 1.49. The van der Waals surface area contributed by atoms with E-state index in [1.807, 2.05) is 0 Å². The minimum atomic E-state index is -0.355. The van der Waals surface area contributed by atoms with Gasteiger partial charge in [0, 0.05) is 11.6 Å². The Morgan fingerprint density at radius 2 is 1.74 bits per heavy atom. The Balaban J connectivity index is 2.01. The van der Waals surface area contributed by atoms with E-state index in [-0.39, 0.29) is 19.0 Å². The molecule has 0 saturated carbocycles. The molecule has 1 N–H and O–H groups in total. The van der Waals surface area contributed by atoms with Crippen LogP contribution in [0.5, 0.6) is 11.5 Å². The summed E-state index contributed by atoms with van der Waals surface area (Å²) >= 11 is 0. The molecule has 0 atom stereocenters. The maximum atomic E-state index is 13.7. The van der Waals surface area contributed by atoms with Crippen LogP contribution < -0.4 is 9.47 Å². The lowest BCUT2D eigenvalue weighted by molar-refractivity contribution is 0.280. The zero-order chi connectivity index (χ0) is 13.7. The van der Waals surface area contributed by atoms with E-state index in [0.29, 0.717) is 17.1 Å². The van der Waals surface area contributed by atoms with E-state index in [1.54, 1.807) is 36.4 Å². The van der Waals surface area contributed by atoms with Gasteiger partial charge in [-0.1, -0.05) is 12.1 Å². The topological polar surface area (TPSA) is 38.7 Å². The number of benzene rings is 2. The fraction of sp³-hybridized carbons (Fsp3) is 0.200. The molecule has 100 valence electrons. The summed E-state index contributed by atoms with van der Waals surface area (Å²) < 4.78 is 24.1.